The Bertz CT molecular complexity index is 773. The summed E-state index contributed by atoms with van der Waals surface area (Å²) in [5.41, 5.74) is 0.612. The van der Waals surface area contributed by atoms with Crippen LogP contribution in [-0.2, 0) is 19.1 Å². The summed E-state index contributed by atoms with van der Waals surface area (Å²) in [6.45, 7) is 3.40. The second-order valence-corrected chi connectivity index (χ2v) is 6.31. The third kappa shape index (κ3) is 5.85. The lowest BCUT2D eigenvalue weighted by Gasteiger charge is -2.20. The minimum absolute atomic E-state index is 0.0775. The molecule has 2 aromatic carbocycles. The first-order chi connectivity index (χ1) is 14.0. The van der Waals surface area contributed by atoms with Crippen molar-refractivity contribution in [1.82, 2.24) is 0 Å². The Hall–Kier alpha value is -3.28. The van der Waals surface area contributed by atoms with Gasteiger partial charge in [-0.3, -0.25) is 19.2 Å². The summed E-state index contributed by atoms with van der Waals surface area (Å²) in [4.78, 5) is 51.0. The lowest BCUT2D eigenvalue weighted by atomic mass is 9.84. The zero-order chi connectivity index (χ0) is 21.2. The molecule has 0 spiro atoms. The average Bonchev–Trinajstić information content (AvgIpc) is 2.75. The van der Waals surface area contributed by atoms with Crippen LogP contribution in [0.2, 0.25) is 0 Å². The largest absolute Gasteiger partial charge is 0.465 e. The molecule has 0 saturated heterocycles. The van der Waals surface area contributed by atoms with Crippen LogP contribution in [0.1, 0.15) is 41.0 Å². The van der Waals surface area contributed by atoms with Gasteiger partial charge in [-0.1, -0.05) is 60.7 Å². The fraction of sp³-hybridized carbons (Fsp3) is 0.304. The van der Waals surface area contributed by atoms with E-state index in [1.54, 1.807) is 74.5 Å². The van der Waals surface area contributed by atoms with Crippen LogP contribution in [0.4, 0.5) is 0 Å². The van der Waals surface area contributed by atoms with Crippen molar-refractivity contribution in [3.63, 3.8) is 0 Å². The Balaban J connectivity index is 2.38. The number of carbonyl (C=O) groups is 4. The van der Waals surface area contributed by atoms with Crippen molar-refractivity contribution in [2.24, 2.45) is 11.8 Å². The molecular weight excluding hydrogens is 372 g/mol. The van der Waals surface area contributed by atoms with E-state index in [2.05, 4.69) is 0 Å². The highest BCUT2D eigenvalue weighted by molar-refractivity contribution is 6.12. The van der Waals surface area contributed by atoms with Crippen molar-refractivity contribution >= 4 is 23.5 Å². The predicted molar refractivity (Wildman–Crippen MR) is 106 cm³/mol. The molecule has 0 bridgehead atoms. The van der Waals surface area contributed by atoms with Gasteiger partial charge < -0.3 is 9.47 Å². The van der Waals surface area contributed by atoms with Gasteiger partial charge in [-0.15, -0.1) is 0 Å². The van der Waals surface area contributed by atoms with Crippen LogP contribution in [0.5, 0.6) is 0 Å². The predicted octanol–water partition coefficient (Wildman–Crippen LogP) is 3.50. The monoisotopic (exact) mass is 396 g/mol. The highest BCUT2D eigenvalue weighted by atomic mass is 16.5. The Kier molecular flexibility index (Phi) is 8.27. The summed E-state index contributed by atoms with van der Waals surface area (Å²) >= 11 is 0. The van der Waals surface area contributed by atoms with E-state index in [4.69, 9.17) is 9.47 Å². The van der Waals surface area contributed by atoms with E-state index in [1.165, 1.54) is 0 Å². The summed E-state index contributed by atoms with van der Waals surface area (Å²) in [5, 5.41) is 0. The van der Waals surface area contributed by atoms with Crippen LogP contribution in [0.15, 0.2) is 60.7 Å². The SMILES string of the molecule is CCOC(=O)[C@@H](C[C@@H](C(=O)OCC)C(=O)c1ccccc1)C(=O)c1ccccc1. The van der Waals surface area contributed by atoms with Crippen molar-refractivity contribution in [3.8, 4) is 0 Å². The molecule has 0 amide bonds. The van der Waals surface area contributed by atoms with Gasteiger partial charge in [0.15, 0.2) is 11.6 Å². The number of hydrogen-bond acceptors (Lipinski definition) is 6. The first kappa shape index (κ1) is 22.0. The molecule has 2 aromatic rings. The van der Waals surface area contributed by atoms with E-state index < -0.39 is 35.3 Å². The summed E-state index contributed by atoms with van der Waals surface area (Å²) in [5.74, 6) is -5.12. The number of benzene rings is 2. The standard InChI is InChI=1S/C23H24O6/c1-3-28-22(26)18(20(24)16-11-7-5-8-12-16)15-19(23(27)29-4-2)21(25)17-13-9-6-10-14-17/h5-14,18-19H,3-4,15H2,1-2H3/t18-,19+. The summed E-state index contributed by atoms with van der Waals surface area (Å²) in [7, 11) is 0. The molecule has 0 saturated carbocycles. The minimum Gasteiger partial charge on any atom is -0.465 e. The highest BCUT2D eigenvalue weighted by Gasteiger charge is 2.38. The first-order valence-electron chi connectivity index (χ1n) is 9.51. The van der Waals surface area contributed by atoms with E-state index in [-0.39, 0.29) is 19.6 Å². The smallest absolute Gasteiger partial charge is 0.316 e. The molecule has 0 heterocycles. The molecule has 0 aromatic heterocycles. The summed E-state index contributed by atoms with van der Waals surface area (Å²) in [6, 6.07) is 16.5. The van der Waals surface area contributed by atoms with Gasteiger partial charge in [0.2, 0.25) is 0 Å². The van der Waals surface area contributed by atoms with Crippen LogP contribution in [0, 0.1) is 11.8 Å². The van der Waals surface area contributed by atoms with Crippen molar-refractivity contribution in [1.29, 1.82) is 0 Å². The topological polar surface area (TPSA) is 86.7 Å². The number of ketones is 2. The fourth-order valence-corrected chi connectivity index (χ4v) is 2.95. The molecular formula is C23H24O6. The molecule has 0 aliphatic heterocycles. The van der Waals surface area contributed by atoms with E-state index in [0.717, 1.165) is 0 Å². The molecule has 6 heteroatoms. The first-order valence-corrected chi connectivity index (χ1v) is 9.51. The number of ether oxygens (including phenoxy) is 2. The van der Waals surface area contributed by atoms with Crippen molar-refractivity contribution in [2.75, 3.05) is 13.2 Å². The average molecular weight is 396 g/mol. The van der Waals surface area contributed by atoms with E-state index >= 15 is 0 Å². The van der Waals surface area contributed by atoms with Gasteiger partial charge in [-0.05, 0) is 20.3 Å². The van der Waals surface area contributed by atoms with Gasteiger partial charge in [0.1, 0.15) is 11.8 Å². The molecule has 0 N–H and O–H groups in total. The van der Waals surface area contributed by atoms with Crippen molar-refractivity contribution in [2.45, 2.75) is 20.3 Å². The zero-order valence-electron chi connectivity index (χ0n) is 16.5. The number of Topliss-reactive ketones (excluding diaryl/α,β-unsaturated/α-hetero) is 2. The lowest BCUT2D eigenvalue weighted by molar-refractivity contribution is -0.149. The van der Waals surface area contributed by atoms with Gasteiger partial charge in [-0.2, -0.15) is 0 Å². The van der Waals surface area contributed by atoms with Crippen LogP contribution < -0.4 is 0 Å². The Morgan fingerprint density at radius 1 is 0.655 bits per heavy atom. The van der Waals surface area contributed by atoms with Crippen molar-refractivity contribution in [3.05, 3.63) is 71.8 Å². The zero-order valence-corrected chi connectivity index (χ0v) is 16.5. The quantitative estimate of drug-likeness (QED) is 0.347. The number of rotatable bonds is 10. The molecule has 0 radical (unpaired) electrons. The molecule has 6 nitrogen and oxygen atoms in total. The summed E-state index contributed by atoms with van der Waals surface area (Å²) in [6.07, 6.45) is -0.320. The second kappa shape index (κ2) is 10.9. The van der Waals surface area contributed by atoms with Gasteiger partial charge in [0.05, 0.1) is 13.2 Å². The summed E-state index contributed by atoms with van der Waals surface area (Å²) < 4.78 is 10.1. The van der Waals surface area contributed by atoms with Crippen molar-refractivity contribution < 1.29 is 28.7 Å². The van der Waals surface area contributed by atoms with E-state index in [1.807, 2.05) is 0 Å². The minimum atomic E-state index is -1.29. The normalized spacial score (nSPS) is 12.5. The van der Waals surface area contributed by atoms with E-state index in [0.29, 0.717) is 11.1 Å². The lowest BCUT2D eigenvalue weighted by Crippen LogP contribution is -2.35. The molecule has 2 atom stereocenters. The third-order valence-electron chi connectivity index (χ3n) is 4.36. The van der Waals surface area contributed by atoms with Gasteiger partial charge >= 0.3 is 11.9 Å². The van der Waals surface area contributed by atoms with Gasteiger partial charge in [-0.25, -0.2) is 0 Å². The van der Waals surface area contributed by atoms with Crippen LogP contribution in [0.25, 0.3) is 0 Å². The molecule has 0 aliphatic rings. The van der Waals surface area contributed by atoms with E-state index in [9.17, 15) is 19.2 Å². The molecule has 0 unspecified atom stereocenters. The van der Waals surface area contributed by atoms with Crippen LogP contribution >= 0.6 is 0 Å². The van der Waals surface area contributed by atoms with Crippen LogP contribution in [0.3, 0.4) is 0 Å². The Labute approximate surface area is 169 Å². The number of carbonyl (C=O) groups excluding carboxylic acids is 4. The maximum Gasteiger partial charge on any atom is 0.316 e. The van der Waals surface area contributed by atoms with Crippen LogP contribution in [-0.4, -0.2) is 36.7 Å². The molecule has 29 heavy (non-hydrogen) atoms. The number of hydrogen-bond donors (Lipinski definition) is 0. The maximum absolute atomic E-state index is 13.0. The molecule has 152 valence electrons. The Morgan fingerprint density at radius 3 is 1.31 bits per heavy atom. The highest BCUT2D eigenvalue weighted by Crippen LogP contribution is 2.24. The van der Waals surface area contributed by atoms with Gasteiger partial charge in [0.25, 0.3) is 0 Å². The third-order valence-corrected chi connectivity index (χ3v) is 4.36. The Morgan fingerprint density at radius 2 is 1.00 bits per heavy atom. The molecule has 0 fully saturated rings. The molecule has 2 rings (SSSR count). The second-order valence-electron chi connectivity index (χ2n) is 6.31. The molecule has 0 aliphatic carbocycles. The fourth-order valence-electron chi connectivity index (χ4n) is 2.95. The number of esters is 2. The maximum atomic E-state index is 13.0. The van der Waals surface area contributed by atoms with Gasteiger partial charge in [0, 0.05) is 11.1 Å².